The third-order valence-electron chi connectivity index (χ3n) is 4.37. The van der Waals surface area contributed by atoms with Crippen molar-refractivity contribution in [2.24, 2.45) is 0 Å². The van der Waals surface area contributed by atoms with E-state index in [1.165, 1.54) is 44.9 Å². The summed E-state index contributed by atoms with van der Waals surface area (Å²) in [7, 11) is -4.87. The van der Waals surface area contributed by atoms with Gasteiger partial charge in [-0.2, -0.15) is 8.42 Å². The zero-order valence-electron chi connectivity index (χ0n) is 17.1. The maximum Gasteiger partial charge on any atom is 0.329 e. The van der Waals surface area contributed by atoms with Crippen LogP contribution >= 0.6 is 0 Å². The summed E-state index contributed by atoms with van der Waals surface area (Å²) in [5, 5.41) is 6.54. The van der Waals surface area contributed by atoms with E-state index >= 15 is 0 Å². The lowest BCUT2D eigenvalue weighted by Crippen LogP contribution is -2.36. The zero-order chi connectivity index (χ0) is 21.4. The number of ether oxygens (including phenoxy) is 2. The van der Waals surface area contributed by atoms with E-state index in [1.807, 2.05) is 0 Å². The minimum atomic E-state index is -4.87. The number of aliphatic carboxylic acids is 1. The van der Waals surface area contributed by atoms with E-state index in [0.717, 1.165) is 19.3 Å². The van der Waals surface area contributed by atoms with Crippen molar-refractivity contribution in [2.45, 2.75) is 102 Å². The Labute approximate surface area is 168 Å². The van der Waals surface area contributed by atoms with Gasteiger partial charge in [0.15, 0.2) is 5.25 Å². The van der Waals surface area contributed by atoms with Crippen LogP contribution in [0, 0.1) is 0 Å². The molecular formula is C19H36O8S. The highest BCUT2D eigenvalue weighted by Crippen LogP contribution is 2.13. The molecule has 166 valence electrons. The first kappa shape index (κ1) is 26.8. The molecule has 2 unspecified atom stereocenters. The van der Waals surface area contributed by atoms with E-state index in [-0.39, 0.29) is 6.42 Å². The highest BCUT2D eigenvalue weighted by Gasteiger charge is 2.36. The molecule has 0 aliphatic heterocycles. The predicted molar refractivity (Wildman–Crippen MR) is 106 cm³/mol. The van der Waals surface area contributed by atoms with Gasteiger partial charge in [0.05, 0.1) is 13.0 Å². The van der Waals surface area contributed by atoms with Crippen LogP contribution in [-0.4, -0.2) is 48.2 Å². The molecule has 2 N–H and O–H groups in total. The standard InChI is InChI=1S/C19H36O8S/c1-3-5-6-7-8-9-10-11-12-13-14-26-18(4-2)27-19(22)16(15-17(20)21)28(23,24)25/h16,18H,3-15H2,1-2H3,(H,20,21)(H,23,24,25). The molecule has 0 aliphatic rings. The second-order valence-electron chi connectivity index (χ2n) is 6.93. The number of carboxylic acid groups (broad SMARTS) is 1. The van der Waals surface area contributed by atoms with Gasteiger partial charge in [-0.1, -0.05) is 71.6 Å². The zero-order valence-corrected chi connectivity index (χ0v) is 17.9. The third-order valence-corrected chi connectivity index (χ3v) is 5.44. The SMILES string of the molecule is CCCCCCCCCCCCOC(CC)OC(=O)C(CC(=O)O)S(=O)(=O)O. The van der Waals surface area contributed by atoms with Gasteiger partial charge in [0.2, 0.25) is 6.29 Å². The van der Waals surface area contributed by atoms with Crippen molar-refractivity contribution in [2.75, 3.05) is 6.61 Å². The van der Waals surface area contributed by atoms with E-state index in [0.29, 0.717) is 6.61 Å². The number of rotatable bonds is 18. The first-order valence-electron chi connectivity index (χ1n) is 10.2. The van der Waals surface area contributed by atoms with E-state index in [9.17, 15) is 18.0 Å². The first-order valence-corrected chi connectivity index (χ1v) is 11.7. The molecule has 0 saturated heterocycles. The Hall–Kier alpha value is -1.19. The van der Waals surface area contributed by atoms with Gasteiger partial charge < -0.3 is 14.6 Å². The van der Waals surface area contributed by atoms with Gasteiger partial charge in [0.1, 0.15) is 0 Å². The lowest BCUT2D eigenvalue weighted by molar-refractivity contribution is -0.180. The summed E-state index contributed by atoms with van der Waals surface area (Å²) in [6, 6.07) is 0. The Kier molecular flexibility index (Phi) is 15.0. The van der Waals surface area contributed by atoms with Gasteiger partial charge in [-0.15, -0.1) is 0 Å². The molecule has 0 aliphatic carbocycles. The van der Waals surface area contributed by atoms with Gasteiger partial charge in [0.25, 0.3) is 10.1 Å². The number of carbonyl (C=O) groups excluding carboxylic acids is 1. The van der Waals surface area contributed by atoms with Gasteiger partial charge in [-0.05, 0) is 6.42 Å². The lowest BCUT2D eigenvalue weighted by Gasteiger charge is -2.19. The second kappa shape index (κ2) is 15.7. The number of hydrogen-bond acceptors (Lipinski definition) is 6. The van der Waals surface area contributed by atoms with Crippen LogP contribution in [0.25, 0.3) is 0 Å². The average molecular weight is 425 g/mol. The molecule has 0 spiro atoms. The fourth-order valence-electron chi connectivity index (χ4n) is 2.71. The molecule has 8 nitrogen and oxygen atoms in total. The smallest absolute Gasteiger partial charge is 0.329 e. The fourth-order valence-corrected chi connectivity index (χ4v) is 3.37. The summed E-state index contributed by atoms with van der Waals surface area (Å²) < 4.78 is 41.8. The predicted octanol–water partition coefficient (Wildman–Crippen LogP) is 3.93. The van der Waals surface area contributed by atoms with Crippen LogP contribution in [0.15, 0.2) is 0 Å². The third kappa shape index (κ3) is 13.9. The molecule has 28 heavy (non-hydrogen) atoms. The molecule has 9 heteroatoms. The molecular weight excluding hydrogens is 388 g/mol. The van der Waals surface area contributed by atoms with Crippen molar-refractivity contribution >= 4 is 22.1 Å². The van der Waals surface area contributed by atoms with Crippen molar-refractivity contribution in [3.05, 3.63) is 0 Å². The Bertz CT molecular complexity index is 532. The topological polar surface area (TPSA) is 127 Å². The van der Waals surface area contributed by atoms with Crippen LogP contribution in [0.1, 0.15) is 90.9 Å². The highest BCUT2D eigenvalue weighted by molar-refractivity contribution is 7.87. The van der Waals surface area contributed by atoms with Crippen LogP contribution in [0.4, 0.5) is 0 Å². The normalized spacial score (nSPS) is 13.8. The summed E-state index contributed by atoms with van der Waals surface area (Å²) in [6.45, 7) is 4.25. The van der Waals surface area contributed by atoms with Crippen molar-refractivity contribution in [3.8, 4) is 0 Å². The molecule has 0 aromatic rings. The quantitative estimate of drug-likeness (QED) is 0.147. The molecule has 0 fully saturated rings. The van der Waals surface area contributed by atoms with E-state index in [1.54, 1.807) is 6.92 Å². The van der Waals surface area contributed by atoms with Gasteiger partial charge in [-0.3, -0.25) is 14.1 Å². The lowest BCUT2D eigenvalue weighted by atomic mass is 10.1. The van der Waals surface area contributed by atoms with Gasteiger partial charge in [0, 0.05) is 6.42 Å². The monoisotopic (exact) mass is 424 g/mol. The van der Waals surface area contributed by atoms with E-state index < -0.39 is 40.0 Å². The number of unbranched alkanes of at least 4 members (excludes halogenated alkanes) is 9. The minimum absolute atomic E-state index is 0.286. The van der Waals surface area contributed by atoms with E-state index in [4.69, 9.17) is 19.1 Å². The molecule has 0 aromatic heterocycles. The van der Waals surface area contributed by atoms with Crippen LogP contribution < -0.4 is 0 Å². The average Bonchev–Trinajstić information content (AvgIpc) is 2.61. The Morgan fingerprint density at radius 1 is 0.893 bits per heavy atom. The molecule has 0 amide bonds. The number of hydrogen-bond donors (Lipinski definition) is 2. The summed E-state index contributed by atoms with van der Waals surface area (Å²) in [4.78, 5) is 22.6. The van der Waals surface area contributed by atoms with Crippen LogP contribution in [0.2, 0.25) is 0 Å². The molecule has 0 heterocycles. The maximum absolute atomic E-state index is 11.9. The Morgan fingerprint density at radius 3 is 1.82 bits per heavy atom. The molecule has 0 saturated carbocycles. The first-order chi connectivity index (χ1) is 13.2. The summed E-state index contributed by atoms with van der Waals surface area (Å²) >= 11 is 0. The summed E-state index contributed by atoms with van der Waals surface area (Å²) in [5.74, 6) is -2.85. The van der Waals surface area contributed by atoms with Crippen molar-refractivity contribution in [3.63, 3.8) is 0 Å². The largest absolute Gasteiger partial charge is 0.481 e. The molecule has 2 atom stereocenters. The Balaban J connectivity index is 4.02. The molecule has 0 rings (SSSR count). The minimum Gasteiger partial charge on any atom is -0.481 e. The summed E-state index contributed by atoms with van der Waals surface area (Å²) in [5.41, 5.74) is 0. The number of carboxylic acids is 1. The van der Waals surface area contributed by atoms with E-state index in [2.05, 4.69) is 6.92 Å². The maximum atomic E-state index is 11.9. The Morgan fingerprint density at radius 2 is 1.39 bits per heavy atom. The van der Waals surface area contributed by atoms with Crippen molar-refractivity contribution in [1.29, 1.82) is 0 Å². The van der Waals surface area contributed by atoms with Crippen LogP contribution in [-0.2, 0) is 29.2 Å². The second-order valence-corrected chi connectivity index (χ2v) is 8.53. The van der Waals surface area contributed by atoms with Crippen LogP contribution in [0.3, 0.4) is 0 Å². The number of carbonyl (C=O) groups is 2. The highest BCUT2D eigenvalue weighted by atomic mass is 32.2. The van der Waals surface area contributed by atoms with Crippen LogP contribution in [0.5, 0.6) is 0 Å². The summed E-state index contributed by atoms with van der Waals surface area (Å²) in [6.07, 6.45) is 10.0. The fraction of sp³-hybridized carbons (Fsp3) is 0.895. The molecule has 0 aromatic carbocycles. The molecule has 0 bridgehead atoms. The van der Waals surface area contributed by atoms with Crippen molar-refractivity contribution in [1.82, 2.24) is 0 Å². The number of esters is 1. The molecule has 0 radical (unpaired) electrons. The van der Waals surface area contributed by atoms with Gasteiger partial charge in [-0.25, -0.2) is 0 Å². The van der Waals surface area contributed by atoms with Gasteiger partial charge >= 0.3 is 11.9 Å². The van der Waals surface area contributed by atoms with Crippen molar-refractivity contribution < 1.29 is 37.1 Å².